The van der Waals surface area contributed by atoms with Crippen molar-refractivity contribution in [3.8, 4) is 5.75 Å². The number of benzene rings is 2. The lowest BCUT2D eigenvalue weighted by molar-refractivity contribution is -0.122. The number of nitrogens with one attached hydrogen (secondary N) is 1. The number of carbonyl (C=O) groups excluding carboxylic acids is 2. The van der Waals surface area contributed by atoms with Gasteiger partial charge in [0.15, 0.2) is 6.10 Å². The van der Waals surface area contributed by atoms with E-state index in [1.54, 1.807) is 4.90 Å². The molecule has 122 valence electrons. The molecule has 0 saturated carbocycles. The van der Waals surface area contributed by atoms with Gasteiger partial charge in [0.1, 0.15) is 5.75 Å². The lowest BCUT2D eigenvalue weighted by Gasteiger charge is -2.17. The maximum Gasteiger partial charge on any atom is 0.265 e. The summed E-state index contributed by atoms with van der Waals surface area (Å²) in [6, 6.07) is 15.1. The normalized spacial score (nSPS) is 19.1. The molecule has 1 saturated heterocycles. The number of ether oxygens (including phenoxy) is 1. The molecule has 2 heterocycles. The summed E-state index contributed by atoms with van der Waals surface area (Å²) in [5, 5.41) is 2.90. The topological polar surface area (TPSA) is 58.6 Å². The Kier molecular flexibility index (Phi) is 3.69. The minimum Gasteiger partial charge on any atom is -0.480 e. The molecule has 4 rings (SSSR count). The molecule has 5 nitrogen and oxygen atoms in total. The maximum absolute atomic E-state index is 12.5. The average Bonchev–Trinajstić information content (AvgIpc) is 3.21. The van der Waals surface area contributed by atoms with E-state index < -0.39 is 6.10 Å². The molecule has 0 aliphatic carbocycles. The monoisotopic (exact) mass is 322 g/mol. The van der Waals surface area contributed by atoms with E-state index in [0.717, 1.165) is 30.0 Å². The van der Waals surface area contributed by atoms with Crippen LogP contribution in [0.2, 0.25) is 0 Å². The quantitative estimate of drug-likeness (QED) is 0.945. The molecule has 5 heteroatoms. The molecule has 0 bridgehead atoms. The number of carbonyl (C=O) groups is 2. The Hall–Kier alpha value is -2.82. The van der Waals surface area contributed by atoms with Crippen molar-refractivity contribution in [3.63, 3.8) is 0 Å². The van der Waals surface area contributed by atoms with Crippen molar-refractivity contribution >= 4 is 23.2 Å². The van der Waals surface area contributed by atoms with Crippen molar-refractivity contribution in [1.82, 2.24) is 0 Å². The van der Waals surface area contributed by atoms with E-state index in [-0.39, 0.29) is 11.8 Å². The lowest BCUT2D eigenvalue weighted by atomic mass is 10.1. The first-order valence-electron chi connectivity index (χ1n) is 8.16. The van der Waals surface area contributed by atoms with Crippen LogP contribution in [0.15, 0.2) is 48.5 Å². The van der Waals surface area contributed by atoms with E-state index in [1.807, 2.05) is 48.5 Å². The third kappa shape index (κ3) is 2.73. The Balaban J connectivity index is 1.46. The van der Waals surface area contributed by atoms with Crippen molar-refractivity contribution in [2.45, 2.75) is 25.4 Å². The SMILES string of the molecule is O=C(Nc1cccc(N2CCCC2=O)c1)[C@@H]1Cc2ccccc2O1. The third-order valence-electron chi connectivity index (χ3n) is 4.44. The third-order valence-corrected chi connectivity index (χ3v) is 4.44. The molecule has 2 aromatic rings. The summed E-state index contributed by atoms with van der Waals surface area (Å²) >= 11 is 0. The van der Waals surface area contributed by atoms with Gasteiger partial charge in [-0.1, -0.05) is 24.3 Å². The molecule has 1 atom stereocenters. The first-order chi connectivity index (χ1) is 11.7. The van der Waals surface area contributed by atoms with E-state index in [0.29, 0.717) is 18.5 Å². The summed E-state index contributed by atoms with van der Waals surface area (Å²) < 4.78 is 5.71. The highest BCUT2D eigenvalue weighted by Gasteiger charge is 2.29. The number of hydrogen-bond donors (Lipinski definition) is 1. The number of rotatable bonds is 3. The molecular weight excluding hydrogens is 304 g/mol. The van der Waals surface area contributed by atoms with Crippen molar-refractivity contribution in [3.05, 3.63) is 54.1 Å². The molecule has 1 N–H and O–H groups in total. The molecule has 0 spiro atoms. The molecular formula is C19H18N2O3. The van der Waals surface area contributed by atoms with Gasteiger partial charge in [-0.3, -0.25) is 9.59 Å². The van der Waals surface area contributed by atoms with Crippen molar-refractivity contribution < 1.29 is 14.3 Å². The molecule has 0 radical (unpaired) electrons. The Bertz CT molecular complexity index is 778. The van der Waals surface area contributed by atoms with E-state index in [9.17, 15) is 9.59 Å². The van der Waals surface area contributed by atoms with E-state index >= 15 is 0 Å². The molecule has 24 heavy (non-hydrogen) atoms. The minimum absolute atomic E-state index is 0.132. The highest BCUT2D eigenvalue weighted by molar-refractivity contribution is 5.98. The van der Waals surface area contributed by atoms with Gasteiger partial charge in [-0.25, -0.2) is 0 Å². The zero-order chi connectivity index (χ0) is 16.5. The number of anilines is 2. The first-order valence-corrected chi connectivity index (χ1v) is 8.16. The lowest BCUT2D eigenvalue weighted by Crippen LogP contribution is -2.31. The molecule has 0 unspecified atom stereocenters. The fourth-order valence-electron chi connectivity index (χ4n) is 3.22. The van der Waals surface area contributed by atoms with Gasteiger partial charge in [-0.2, -0.15) is 0 Å². The van der Waals surface area contributed by atoms with Crippen LogP contribution >= 0.6 is 0 Å². The van der Waals surface area contributed by atoms with Crippen LogP contribution in [0.5, 0.6) is 5.75 Å². The van der Waals surface area contributed by atoms with E-state index in [4.69, 9.17) is 4.74 Å². The number of para-hydroxylation sites is 1. The number of fused-ring (bicyclic) bond motifs is 1. The van der Waals surface area contributed by atoms with Gasteiger partial charge in [0.25, 0.3) is 5.91 Å². The number of amides is 2. The van der Waals surface area contributed by atoms with Crippen LogP contribution in [-0.4, -0.2) is 24.5 Å². The Morgan fingerprint density at radius 2 is 2.04 bits per heavy atom. The van der Waals surface area contributed by atoms with Crippen molar-refractivity contribution in [2.75, 3.05) is 16.8 Å². The second kappa shape index (κ2) is 6.00. The highest BCUT2D eigenvalue weighted by Crippen LogP contribution is 2.29. The summed E-state index contributed by atoms with van der Waals surface area (Å²) in [6.45, 7) is 0.733. The maximum atomic E-state index is 12.5. The van der Waals surface area contributed by atoms with Crippen molar-refractivity contribution in [2.24, 2.45) is 0 Å². The zero-order valence-electron chi connectivity index (χ0n) is 13.2. The van der Waals surface area contributed by atoms with Crippen LogP contribution < -0.4 is 15.0 Å². The average molecular weight is 322 g/mol. The van der Waals surface area contributed by atoms with Crippen molar-refractivity contribution in [1.29, 1.82) is 0 Å². The Morgan fingerprint density at radius 1 is 1.17 bits per heavy atom. The van der Waals surface area contributed by atoms with E-state index in [2.05, 4.69) is 5.32 Å². The molecule has 1 fully saturated rings. The number of hydrogen-bond acceptors (Lipinski definition) is 3. The second-order valence-corrected chi connectivity index (χ2v) is 6.11. The molecule has 2 aliphatic rings. The first kappa shape index (κ1) is 14.8. The molecule has 2 aliphatic heterocycles. The van der Waals surface area contributed by atoms with Crippen LogP contribution in [0.4, 0.5) is 11.4 Å². The Morgan fingerprint density at radius 3 is 2.83 bits per heavy atom. The van der Waals surface area contributed by atoms with E-state index in [1.165, 1.54) is 0 Å². The van der Waals surface area contributed by atoms with Gasteiger partial charge in [0.05, 0.1) is 0 Å². The van der Waals surface area contributed by atoms with Gasteiger partial charge in [-0.05, 0) is 36.2 Å². The summed E-state index contributed by atoms with van der Waals surface area (Å²) in [4.78, 5) is 26.1. The summed E-state index contributed by atoms with van der Waals surface area (Å²) in [7, 11) is 0. The smallest absolute Gasteiger partial charge is 0.265 e. The van der Waals surface area contributed by atoms with Crippen LogP contribution in [0.3, 0.4) is 0 Å². The molecule has 2 aromatic carbocycles. The van der Waals surface area contributed by atoms with Crippen LogP contribution in [0.25, 0.3) is 0 Å². The Labute approximate surface area is 140 Å². The minimum atomic E-state index is -0.514. The summed E-state index contributed by atoms with van der Waals surface area (Å²) in [5.74, 6) is 0.734. The zero-order valence-corrected chi connectivity index (χ0v) is 13.2. The second-order valence-electron chi connectivity index (χ2n) is 6.11. The number of nitrogens with zero attached hydrogens (tertiary/aromatic N) is 1. The van der Waals surface area contributed by atoms with Gasteiger partial charge in [0.2, 0.25) is 5.91 Å². The summed E-state index contributed by atoms with van der Waals surface area (Å²) in [6.07, 6.45) is 1.53. The molecule has 0 aromatic heterocycles. The highest BCUT2D eigenvalue weighted by atomic mass is 16.5. The molecule has 2 amide bonds. The van der Waals surface area contributed by atoms with Crippen LogP contribution in [0.1, 0.15) is 18.4 Å². The van der Waals surface area contributed by atoms with Crippen LogP contribution in [0, 0.1) is 0 Å². The fraction of sp³-hybridized carbons (Fsp3) is 0.263. The van der Waals surface area contributed by atoms with Crippen LogP contribution in [-0.2, 0) is 16.0 Å². The predicted octanol–water partition coefficient (Wildman–Crippen LogP) is 2.76. The van der Waals surface area contributed by atoms with Gasteiger partial charge < -0.3 is 15.0 Å². The summed E-state index contributed by atoms with van der Waals surface area (Å²) in [5.41, 5.74) is 2.55. The largest absolute Gasteiger partial charge is 0.480 e. The standard InChI is InChI=1S/C19H18N2O3/c22-18-9-4-10-21(18)15-7-3-6-14(12-15)20-19(23)17-11-13-5-1-2-8-16(13)24-17/h1-3,5-8,12,17H,4,9-11H2,(H,20,23)/t17-/m0/s1. The van der Waals surface area contributed by atoms with Gasteiger partial charge in [-0.15, -0.1) is 0 Å². The van der Waals surface area contributed by atoms with Gasteiger partial charge in [0, 0.05) is 30.8 Å². The van der Waals surface area contributed by atoms with Gasteiger partial charge >= 0.3 is 0 Å². The predicted molar refractivity (Wildman–Crippen MR) is 91.2 cm³/mol. The fourth-order valence-corrected chi connectivity index (χ4v) is 3.22.